The first-order valence-corrected chi connectivity index (χ1v) is 8.16. The normalized spacial score (nSPS) is 31.2. The van der Waals surface area contributed by atoms with Crippen molar-refractivity contribution >= 4 is 10.0 Å². The van der Waals surface area contributed by atoms with Crippen LogP contribution in [0.3, 0.4) is 0 Å². The number of fused-ring (bicyclic) bond motifs is 1. The Morgan fingerprint density at radius 2 is 1.83 bits per heavy atom. The van der Waals surface area contributed by atoms with Crippen molar-refractivity contribution in [3.05, 3.63) is 29.8 Å². The quantitative estimate of drug-likeness (QED) is 0.848. The number of nitrogens with one attached hydrogen (secondary N) is 1. The lowest BCUT2D eigenvalue weighted by Crippen LogP contribution is -2.44. The number of sulfonamides is 1. The lowest BCUT2D eigenvalue weighted by Gasteiger charge is -2.36. The predicted molar refractivity (Wildman–Crippen MR) is 70.7 cm³/mol. The van der Waals surface area contributed by atoms with Gasteiger partial charge in [-0.15, -0.1) is 0 Å². The Morgan fingerprint density at radius 1 is 1.17 bits per heavy atom. The van der Waals surface area contributed by atoms with Gasteiger partial charge in [-0.1, -0.05) is 37.5 Å². The van der Waals surface area contributed by atoms with Crippen LogP contribution in [0.25, 0.3) is 0 Å². The molecule has 0 bridgehead atoms. The van der Waals surface area contributed by atoms with E-state index in [1.807, 2.05) is 19.1 Å². The van der Waals surface area contributed by atoms with E-state index in [2.05, 4.69) is 4.72 Å². The third-order valence-electron chi connectivity index (χ3n) is 4.50. The molecule has 98 valence electrons. The van der Waals surface area contributed by atoms with Crippen LogP contribution in [-0.4, -0.2) is 8.42 Å². The van der Waals surface area contributed by atoms with Crippen LogP contribution in [-0.2, 0) is 15.6 Å². The van der Waals surface area contributed by atoms with E-state index in [-0.39, 0.29) is 0 Å². The molecule has 0 spiro atoms. The lowest BCUT2D eigenvalue weighted by atomic mass is 9.73. The molecule has 1 atom stereocenters. The Balaban J connectivity index is 2.09. The Morgan fingerprint density at radius 3 is 2.56 bits per heavy atom. The second-order valence-electron chi connectivity index (χ2n) is 5.64. The summed E-state index contributed by atoms with van der Waals surface area (Å²) in [5.74, 6) is 0.421. The average molecular weight is 265 g/mol. The zero-order valence-corrected chi connectivity index (χ0v) is 11.5. The zero-order valence-electron chi connectivity index (χ0n) is 10.6. The molecule has 1 aromatic carbocycles. The van der Waals surface area contributed by atoms with Crippen molar-refractivity contribution in [3.8, 4) is 0 Å². The van der Waals surface area contributed by atoms with Gasteiger partial charge in [-0.25, -0.2) is 13.1 Å². The second-order valence-corrected chi connectivity index (χ2v) is 7.29. The van der Waals surface area contributed by atoms with E-state index in [0.717, 1.165) is 18.4 Å². The third kappa shape index (κ3) is 1.70. The summed E-state index contributed by atoms with van der Waals surface area (Å²) in [5, 5.41) is 0. The van der Waals surface area contributed by atoms with Crippen molar-refractivity contribution in [2.45, 2.75) is 49.5 Å². The van der Waals surface area contributed by atoms with Gasteiger partial charge in [0, 0.05) is 0 Å². The average Bonchev–Trinajstić information content (AvgIpc) is 2.60. The highest BCUT2D eigenvalue weighted by molar-refractivity contribution is 7.89. The minimum atomic E-state index is -3.31. The number of rotatable bonds is 1. The first kappa shape index (κ1) is 12.2. The molecular weight excluding hydrogens is 246 g/mol. The monoisotopic (exact) mass is 265 g/mol. The predicted octanol–water partition coefficient (Wildman–Crippen LogP) is 2.77. The number of hydrogen-bond acceptors (Lipinski definition) is 2. The summed E-state index contributed by atoms with van der Waals surface area (Å²) in [4.78, 5) is 0.470. The Bertz CT molecular complexity index is 561. The Kier molecular flexibility index (Phi) is 2.75. The second kappa shape index (κ2) is 4.07. The first-order chi connectivity index (χ1) is 8.54. The molecule has 1 aliphatic heterocycles. The maximum absolute atomic E-state index is 12.2. The fourth-order valence-corrected chi connectivity index (χ4v) is 5.27. The fraction of sp³-hybridized carbons (Fsp3) is 0.571. The highest BCUT2D eigenvalue weighted by Crippen LogP contribution is 2.45. The smallest absolute Gasteiger partial charge is 0.207 e. The van der Waals surface area contributed by atoms with Gasteiger partial charge in [0.25, 0.3) is 0 Å². The SMILES string of the molecule is CC1(C2CCCCC2)NS(=O)(=O)c2ccccc21. The molecule has 3 rings (SSSR count). The van der Waals surface area contributed by atoms with Crippen molar-refractivity contribution in [1.29, 1.82) is 0 Å². The molecule has 3 nitrogen and oxygen atoms in total. The minimum absolute atomic E-state index is 0.407. The molecule has 4 heteroatoms. The van der Waals surface area contributed by atoms with Crippen LogP contribution in [0.15, 0.2) is 29.2 Å². The van der Waals surface area contributed by atoms with E-state index in [1.54, 1.807) is 12.1 Å². The van der Waals surface area contributed by atoms with Crippen molar-refractivity contribution in [3.63, 3.8) is 0 Å². The van der Waals surface area contributed by atoms with Gasteiger partial charge < -0.3 is 0 Å². The minimum Gasteiger partial charge on any atom is -0.207 e. The lowest BCUT2D eigenvalue weighted by molar-refractivity contribution is 0.209. The van der Waals surface area contributed by atoms with Crippen LogP contribution in [0.2, 0.25) is 0 Å². The summed E-state index contributed by atoms with van der Waals surface area (Å²) in [6, 6.07) is 7.40. The van der Waals surface area contributed by atoms with Crippen LogP contribution in [0, 0.1) is 5.92 Å². The van der Waals surface area contributed by atoms with Gasteiger partial charge in [0.15, 0.2) is 0 Å². The molecule has 0 aromatic heterocycles. The maximum Gasteiger partial charge on any atom is 0.241 e. The number of hydrogen-bond donors (Lipinski definition) is 1. The van der Waals surface area contributed by atoms with E-state index in [9.17, 15) is 8.42 Å². The Labute approximate surface area is 109 Å². The maximum atomic E-state index is 12.2. The van der Waals surface area contributed by atoms with Gasteiger partial charge in [0.2, 0.25) is 10.0 Å². The molecule has 1 N–H and O–H groups in total. The highest BCUT2D eigenvalue weighted by Gasteiger charge is 2.47. The van der Waals surface area contributed by atoms with Gasteiger partial charge in [-0.2, -0.15) is 0 Å². The molecule has 0 saturated heterocycles. The molecule has 1 aliphatic carbocycles. The van der Waals surface area contributed by atoms with Crippen LogP contribution in [0.1, 0.15) is 44.6 Å². The van der Waals surface area contributed by atoms with Crippen LogP contribution < -0.4 is 4.72 Å². The summed E-state index contributed by atoms with van der Waals surface area (Å²) in [6.45, 7) is 2.05. The standard InChI is InChI=1S/C14H19NO2S/c1-14(11-7-3-2-4-8-11)12-9-5-6-10-13(12)18(16,17)15-14/h5-6,9-11,15H,2-4,7-8H2,1H3. The van der Waals surface area contributed by atoms with Crippen molar-refractivity contribution < 1.29 is 8.42 Å². The molecule has 2 aliphatic rings. The van der Waals surface area contributed by atoms with Crippen molar-refractivity contribution in [1.82, 2.24) is 4.72 Å². The van der Waals surface area contributed by atoms with E-state index in [4.69, 9.17) is 0 Å². The molecule has 1 unspecified atom stereocenters. The fourth-order valence-electron chi connectivity index (χ4n) is 3.50. The summed E-state index contributed by atoms with van der Waals surface area (Å²) >= 11 is 0. The van der Waals surface area contributed by atoms with E-state index in [0.29, 0.717) is 10.8 Å². The summed E-state index contributed by atoms with van der Waals surface area (Å²) < 4.78 is 27.3. The van der Waals surface area contributed by atoms with Crippen LogP contribution in [0.4, 0.5) is 0 Å². The largest absolute Gasteiger partial charge is 0.241 e. The van der Waals surface area contributed by atoms with Gasteiger partial charge in [-0.05, 0) is 37.3 Å². The summed E-state index contributed by atoms with van der Waals surface area (Å²) in [5.41, 5.74) is 0.549. The zero-order chi connectivity index (χ0) is 12.8. The van der Waals surface area contributed by atoms with Crippen LogP contribution >= 0.6 is 0 Å². The van der Waals surface area contributed by atoms with Crippen molar-refractivity contribution in [2.24, 2.45) is 5.92 Å². The van der Waals surface area contributed by atoms with Gasteiger partial charge in [0.1, 0.15) is 0 Å². The molecule has 1 fully saturated rings. The summed E-state index contributed by atoms with van der Waals surface area (Å²) in [7, 11) is -3.31. The van der Waals surface area contributed by atoms with E-state index in [1.165, 1.54) is 19.3 Å². The molecule has 18 heavy (non-hydrogen) atoms. The molecule has 0 amide bonds. The van der Waals surface area contributed by atoms with Gasteiger partial charge >= 0.3 is 0 Å². The molecule has 1 saturated carbocycles. The topological polar surface area (TPSA) is 46.2 Å². The molecule has 0 radical (unpaired) electrons. The molecule has 1 aromatic rings. The highest BCUT2D eigenvalue weighted by atomic mass is 32.2. The van der Waals surface area contributed by atoms with E-state index < -0.39 is 15.6 Å². The van der Waals surface area contributed by atoms with Crippen molar-refractivity contribution in [2.75, 3.05) is 0 Å². The van der Waals surface area contributed by atoms with Crippen LogP contribution in [0.5, 0.6) is 0 Å². The first-order valence-electron chi connectivity index (χ1n) is 6.67. The van der Waals surface area contributed by atoms with E-state index >= 15 is 0 Å². The third-order valence-corrected chi connectivity index (χ3v) is 6.13. The number of benzene rings is 1. The molecular formula is C14H19NO2S. The summed E-state index contributed by atoms with van der Waals surface area (Å²) in [6.07, 6.45) is 5.94. The van der Waals surface area contributed by atoms with Gasteiger partial charge in [-0.3, -0.25) is 0 Å². The molecule has 1 heterocycles. The van der Waals surface area contributed by atoms with Gasteiger partial charge in [0.05, 0.1) is 10.4 Å². The Hall–Kier alpha value is -0.870.